The van der Waals surface area contributed by atoms with Gasteiger partial charge in [0.05, 0.1) is 7.11 Å². The van der Waals surface area contributed by atoms with Gasteiger partial charge < -0.3 is 14.3 Å². The summed E-state index contributed by atoms with van der Waals surface area (Å²) in [5.41, 5.74) is 1.44. The van der Waals surface area contributed by atoms with E-state index in [1.165, 1.54) is 0 Å². The SMILES string of the molecule is COc1cc(Br)ccc1C(O)c1cc2ccccc2o1. The number of methoxy groups -OCH3 is 1. The fraction of sp³-hybridized carbons (Fsp3) is 0.125. The highest BCUT2D eigenvalue weighted by Gasteiger charge is 2.19. The molecule has 0 amide bonds. The summed E-state index contributed by atoms with van der Waals surface area (Å²) in [7, 11) is 1.58. The highest BCUT2D eigenvalue weighted by Crippen LogP contribution is 2.34. The van der Waals surface area contributed by atoms with Crippen molar-refractivity contribution < 1.29 is 14.3 Å². The molecule has 1 N–H and O–H groups in total. The van der Waals surface area contributed by atoms with Crippen molar-refractivity contribution in [1.29, 1.82) is 0 Å². The van der Waals surface area contributed by atoms with Crippen molar-refractivity contribution in [2.45, 2.75) is 6.10 Å². The van der Waals surface area contributed by atoms with Crippen LogP contribution in [0.3, 0.4) is 0 Å². The number of aliphatic hydroxyl groups excluding tert-OH is 1. The summed E-state index contributed by atoms with van der Waals surface area (Å²) in [6, 6.07) is 15.0. The Morgan fingerprint density at radius 1 is 1.15 bits per heavy atom. The van der Waals surface area contributed by atoms with Crippen LogP contribution >= 0.6 is 15.9 Å². The third kappa shape index (κ3) is 2.32. The number of fused-ring (bicyclic) bond motifs is 1. The van der Waals surface area contributed by atoms with E-state index in [0.29, 0.717) is 17.1 Å². The van der Waals surface area contributed by atoms with Crippen LogP contribution in [0.2, 0.25) is 0 Å². The van der Waals surface area contributed by atoms with Crippen LogP contribution in [0.4, 0.5) is 0 Å². The molecule has 0 spiro atoms. The monoisotopic (exact) mass is 332 g/mol. The summed E-state index contributed by atoms with van der Waals surface area (Å²) in [5.74, 6) is 1.12. The van der Waals surface area contributed by atoms with Crippen molar-refractivity contribution in [3.63, 3.8) is 0 Å². The van der Waals surface area contributed by atoms with Crippen LogP contribution in [0.25, 0.3) is 11.0 Å². The van der Waals surface area contributed by atoms with E-state index in [1.807, 2.05) is 48.5 Å². The van der Waals surface area contributed by atoms with Crippen LogP contribution in [0, 0.1) is 0 Å². The Bertz CT molecular complexity index is 715. The number of para-hydroxylation sites is 1. The number of ether oxygens (including phenoxy) is 1. The molecule has 3 aromatic rings. The van der Waals surface area contributed by atoms with E-state index in [-0.39, 0.29) is 0 Å². The standard InChI is InChI=1S/C16H13BrO3/c1-19-14-9-11(17)6-7-12(14)16(18)15-8-10-4-2-3-5-13(10)20-15/h2-9,16,18H,1H3. The van der Waals surface area contributed by atoms with Gasteiger partial charge in [-0.25, -0.2) is 0 Å². The summed E-state index contributed by atoms with van der Waals surface area (Å²) in [6.07, 6.45) is -0.856. The van der Waals surface area contributed by atoms with Crippen LogP contribution < -0.4 is 4.74 Å². The first-order valence-corrected chi connectivity index (χ1v) is 6.98. The van der Waals surface area contributed by atoms with Gasteiger partial charge in [-0.3, -0.25) is 0 Å². The largest absolute Gasteiger partial charge is 0.496 e. The molecule has 3 nitrogen and oxygen atoms in total. The van der Waals surface area contributed by atoms with Gasteiger partial charge in [-0.1, -0.05) is 40.2 Å². The Balaban J connectivity index is 2.05. The Morgan fingerprint density at radius 2 is 1.95 bits per heavy atom. The zero-order chi connectivity index (χ0) is 14.1. The minimum absolute atomic E-state index is 0.506. The van der Waals surface area contributed by atoms with Gasteiger partial charge in [0.2, 0.25) is 0 Å². The fourth-order valence-electron chi connectivity index (χ4n) is 2.20. The molecular weight excluding hydrogens is 320 g/mol. The molecular formula is C16H13BrO3. The third-order valence-corrected chi connectivity index (χ3v) is 3.70. The number of benzene rings is 2. The molecule has 0 fully saturated rings. The van der Waals surface area contributed by atoms with Gasteiger partial charge in [0.15, 0.2) is 0 Å². The molecule has 0 aliphatic heterocycles. The quantitative estimate of drug-likeness (QED) is 0.778. The van der Waals surface area contributed by atoms with Gasteiger partial charge >= 0.3 is 0 Å². The van der Waals surface area contributed by atoms with E-state index >= 15 is 0 Å². The molecule has 0 saturated carbocycles. The maximum Gasteiger partial charge on any atom is 0.140 e. The van der Waals surface area contributed by atoms with Crippen molar-refractivity contribution in [1.82, 2.24) is 0 Å². The highest BCUT2D eigenvalue weighted by atomic mass is 79.9. The lowest BCUT2D eigenvalue weighted by molar-refractivity contribution is 0.188. The number of rotatable bonds is 3. The zero-order valence-electron chi connectivity index (χ0n) is 10.8. The van der Waals surface area contributed by atoms with Gasteiger partial charge in [0, 0.05) is 15.4 Å². The van der Waals surface area contributed by atoms with Gasteiger partial charge in [-0.15, -0.1) is 0 Å². The summed E-state index contributed by atoms with van der Waals surface area (Å²) in [4.78, 5) is 0. The van der Waals surface area contributed by atoms with Crippen molar-refractivity contribution in [2.24, 2.45) is 0 Å². The number of furan rings is 1. The predicted molar refractivity (Wildman–Crippen MR) is 81.0 cm³/mol. The highest BCUT2D eigenvalue weighted by molar-refractivity contribution is 9.10. The van der Waals surface area contributed by atoms with E-state index in [0.717, 1.165) is 15.4 Å². The normalized spacial score (nSPS) is 12.6. The van der Waals surface area contributed by atoms with Crippen LogP contribution in [0.5, 0.6) is 5.75 Å². The smallest absolute Gasteiger partial charge is 0.140 e. The van der Waals surface area contributed by atoms with Crippen LogP contribution in [-0.4, -0.2) is 12.2 Å². The van der Waals surface area contributed by atoms with Crippen molar-refractivity contribution in [2.75, 3.05) is 7.11 Å². The lowest BCUT2D eigenvalue weighted by Crippen LogP contribution is -2.01. The molecule has 102 valence electrons. The maximum absolute atomic E-state index is 10.5. The molecule has 0 bridgehead atoms. The van der Waals surface area contributed by atoms with Gasteiger partial charge in [0.1, 0.15) is 23.2 Å². The second-order valence-electron chi connectivity index (χ2n) is 4.48. The van der Waals surface area contributed by atoms with Crippen molar-refractivity contribution in [3.8, 4) is 5.75 Å². The summed E-state index contributed by atoms with van der Waals surface area (Å²) in [5, 5.41) is 11.5. The first kappa shape index (κ1) is 13.2. The Morgan fingerprint density at radius 3 is 2.70 bits per heavy atom. The van der Waals surface area contributed by atoms with Crippen LogP contribution in [0.15, 0.2) is 57.4 Å². The topological polar surface area (TPSA) is 42.6 Å². The molecule has 1 aromatic heterocycles. The average molecular weight is 333 g/mol. The molecule has 2 aromatic carbocycles. The van der Waals surface area contributed by atoms with E-state index in [1.54, 1.807) is 7.11 Å². The molecule has 0 saturated heterocycles. The molecule has 3 rings (SSSR count). The number of hydrogen-bond acceptors (Lipinski definition) is 3. The Labute approximate surface area is 124 Å². The van der Waals surface area contributed by atoms with E-state index in [9.17, 15) is 5.11 Å². The predicted octanol–water partition coefficient (Wildman–Crippen LogP) is 4.29. The van der Waals surface area contributed by atoms with E-state index in [2.05, 4.69) is 15.9 Å². The number of aliphatic hydroxyl groups is 1. The number of hydrogen-bond donors (Lipinski definition) is 1. The minimum Gasteiger partial charge on any atom is -0.496 e. The van der Waals surface area contributed by atoms with Crippen LogP contribution in [-0.2, 0) is 0 Å². The Kier molecular flexibility index (Phi) is 3.51. The van der Waals surface area contributed by atoms with E-state index < -0.39 is 6.10 Å². The van der Waals surface area contributed by atoms with Gasteiger partial charge in [-0.2, -0.15) is 0 Å². The van der Waals surface area contributed by atoms with Crippen molar-refractivity contribution >= 4 is 26.9 Å². The summed E-state index contributed by atoms with van der Waals surface area (Å²) in [6.45, 7) is 0. The van der Waals surface area contributed by atoms with Crippen LogP contribution in [0.1, 0.15) is 17.4 Å². The molecule has 1 unspecified atom stereocenters. The lowest BCUT2D eigenvalue weighted by atomic mass is 10.1. The second kappa shape index (κ2) is 5.31. The Hall–Kier alpha value is -1.78. The second-order valence-corrected chi connectivity index (χ2v) is 5.39. The summed E-state index contributed by atoms with van der Waals surface area (Å²) >= 11 is 3.39. The van der Waals surface area contributed by atoms with Gasteiger partial charge in [-0.05, 0) is 24.3 Å². The summed E-state index contributed by atoms with van der Waals surface area (Å²) < 4.78 is 11.9. The molecule has 0 aliphatic rings. The van der Waals surface area contributed by atoms with E-state index in [4.69, 9.17) is 9.15 Å². The molecule has 1 heterocycles. The first-order chi connectivity index (χ1) is 9.69. The molecule has 4 heteroatoms. The third-order valence-electron chi connectivity index (χ3n) is 3.20. The lowest BCUT2D eigenvalue weighted by Gasteiger charge is -2.13. The molecule has 0 aliphatic carbocycles. The first-order valence-electron chi connectivity index (χ1n) is 6.19. The zero-order valence-corrected chi connectivity index (χ0v) is 12.4. The minimum atomic E-state index is -0.856. The fourth-order valence-corrected chi connectivity index (χ4v) is 2.54. The molecule has 1 atom stereocenters. The molecule has 0 radical (unpaired) electrons. The maximum atomic E-state index is 10.5. The van der Waals surface area contributed by atoms with Crippen molar-refractivity contribution in [3.05, 3.63) is 64.3 Å². The average Bonchev–Trinajstić information content (AvgIpc) is 2.90. The van der Waals surface area contributed by atoms with Gasteiger partial charge in [0.25, 0.3) is 0 Å². The molecule has 20 heavy (non-hydrogen) atoms. The number of halogens is 1.